The smallest absolute Gasteiger partial charge is 0.224 e. The van der Waals surface area contributed by atoms with Gasteiger partial charge >= 0.3 is 0 Å². The minimum Gasteiger partial charge on any atom is -0.381 e. The Morgan fingerprint density at radius 1 is 1.60 bits per heavy atom. The number of ether oxygens (including phenoxy) is 1. The van der Waals surface area contributed by atoms with E-state index < -0.39 is 0 Å². The Labute approximate surface area is 91.8 Å². The maximum absolute atomic E-state index is 11.7. The van der Waals surface area contributed by atoms with Gasteiger partial charge < -0.3 is 15.4 Å². The molecule has 1 amide bonds. The van der Waals surface area contributed by atoms with Crippen LogP contribution >= 0.6 is 0 Å². The Morgan fingerprint density at radius 2 is 2.33 bits per heavy atom. The minimum absolute atomic E-state index is 0.196. The van der Waals surface area contributed by atoms with Crippen molar-refractivity contribution < 1.29 is 9.53 Å². The van der Waals surface area contributed by atoms with Crippen LogP contribution in [0.1, 0.15) is 26.7 Å². The van der Waals surface area contributed by atoms with Crippen molar-refractivity contribution in [1.82, 2.24) is 4.90 Å². The fraction of sp³-hybridized carbons (Fsp3) is 0.909. The predicted molar refractivity (Wildman–Crippen MR) is 59.4 cm³/mol. The molecular formula is C11H22N2O2. The topological polar surface area (TPSA) is 55.6 Å². The molecule has 0 aliphatic carbocycles. The van der Waals surface area contributed by atoms with Crippen LogP contribution in [0.3, 0.4) is 0 Å². The van der Waals surface area contributed by atoms with E-state index in [2.05, 4.69) is 6.92 Å². The number of carbonyl (C=O) groups excluding carboxylic acids is 1. The molecule has 0 spiro atoms. The fourth-order valence-corrected chi connectivity index (χ4v) is 1.85. The van der Waals surface area contributed by atoms with Crippen molar-refractivity contribution >= 4 is 5.91 Å². The number of hydrogen-bond donors (Lipinski definition) is 1. The van der Waals surface area contributed by atoms with E-state index in [1.165, 1.54) is 0 Å². The molecule has 1 fully saturated rings. The second-order valence-corrected chi connectivity index (χ2v) is 4.22. The highest BCUT2D eigenvalue weighted by molar-refractivity contribution is 5.76. The molecule has 1 aliphatic rings. The Hall–Kier alpha value is -0.610. The van der Waals surface area contributed by atoms with Crippen LogP contribution in [0.4, 0.5) is 0 Å². The van der Waals surface area contributed by atoms with E-state index >= 15 is 0 Å². The van der Waals surface area contributed by atoms with E-state index in [9.17, 15) is 4.79 Å². The monoisotopic (exact) mass is 214 g/mol. The Bertz CT molecular complexity index is 209. The lowest BCUT2D eigenvalue weighted by atomic mass is 9.95. The molecule has 2 unspecified atom stereocenters. The first-order valence-electron chi connectivity index (χ1n) is 5.76. The van der Waals surface area contributed by atoms with Gasteiger partial charge in [-0.2, -0.15) is 0 Å². The molecule has 2 N–H and O–H groups in total. The molecule has 0 aromatic heterocycles. The van der Waals surface area contributed by atoms with Gasteiger partial charge in [0.05, 0.1) is 13.0 Å². The van der Waals surface area contributed by atoms with Gasteiger partial charge in [0.1, 0.15) is 0 Å². The molecule has 1 saturated heterocycles. The number of nitrogens with two attached hydrogens (primary N) is 1. The van der Waals surface area contributed by atoms with Crippen LogP contribution < -0.4 is 5.73 Å². The SMILES string of the molecule is CCOCCC(=O)N1CCC(N)C(C)C1. The van der Waals surface area contributed by atoms with Crippen molar-refractivity contribution in [2.45, 2.75) is 32.7 Å². The lowest BCUT2D eigenvalue weighted by molar-refractivity contribution is -0.134. The summed E-state index contributed by atoms with van der Waals surface area (Å²) >= 11 is 0. The third-order valence-corrected chi connectivity index (χ3v) is 2.99. The molecule has 88 valence electrons. The van der Waals surface area contributed by atoms with Crippen molar-refractivity contribution in [2.75, 3.05) is 26.3 Å². The van der Waals surface area contributed by atoms with Crippen molar-refractivity contribution in [3.63, 3.8) is 0 Å². The van der Waals surface area contributed by atoms with Crippen LogP contribution in [0, 0.1) is 5.92 Å². The highest BCUT2D eigenvalue weighted by Crippen LogP contribution is 2.15. The summed E-state index contributed by atoms with van der Waals surface area (Å²) in [7, 11) is 0. The van der Waals surface area contributed by atoms with E-state index in [4.69, 9.17) is 10.5 Å². The Kier molecular flexibility index (Phi) is 5.05. The second-order valence-electron chi connectivity index (χ2n) is 4.22. The number of piperidine rings is 1. The summed E-state index contributed by atoms with van der Waals surface area (Å²) in [5.74, 6) is 0.608. The first kappa shape index (κ1) is 12.5. The van der Waals surface area contributed by atoms with Crippen LogP contribution in [0.25, 0.3) is 0 Å². The van der Waals surface area contributed by atoms with E-state index in [1.54, 1.807) is 0 Å². The van der Waals surface area contributed by atoms with Gasteiger partial charge in [-0.15, -0.1) is 0 Å². The maximum atomic E-state index is 11.7. The molecular weight excluding hydrogens is 192 g/mol. The highest BCUT2D eigenvalue weighted by atomic mass is 16.5. The zero-order valence-corrected chi connectivity index (χ0v) is 9.74. The molecule has 1 aliphatic heterocycles. The third kappa shape index (κ3) is 3.80. The van der Waals surface area contributed by atoms with Crippen molar-refractivity contribution in [2.24, 2.45) is 11.7 Å². The summed E-state index contributed by atoms with van der Waals surface area (Å²) < 4.78 is 5.17. The summed E-state index contributed by atoms with van der Waals surface area (Å²) in [6, 6.07) is 0.251. The van der Waals surface area contributed by atoms with Gasteiger partial charge in [0.15, 0.2) is 0 Å². The molecule has 0 radical (unpaired) electrons. The Morgan fingerprint density at radius 3 is 2.93 bits per heavy atom. The van der Waals surface area contributed by atoms with E-state index in [-0.39, 0.29) is 11.9 Å². The second kappa shape index (κ2) is 6.08. The molecule has 1 heterocycles. The number of amides is 1. The van der Waals surface area contributed by atoms with Crippen LogP contribution in [0.5, 0.6) is 0 Å². The highest BCUT2D eigenvalue weighted by Gasteiger charge is 2.25. The molecule has 4 heteroatoms. The van der Waals surface area contributed by atoms with Gasteiger partial charge in [-0.1, -0.05) is 6.92 Å². The summed E-state index contributed by atoms with van der Waals surface area (Å²) in [6.45, 7) is 6.85. The van der Waals surface area contributed by atoms with Crippen molar-refractivity contribution in [3.05, 3.63) is 0 Å². The third-order valence-electron chi connectivity index (χ3n) is 2.99. The number of likely N-dealkylation sites (tertiary alicyclic amines) is 1. The zero-order valence-electron chi connectivity index (χ0n) is 9.74. The Balaban J connectivity index is 2.28. The van der Waals surface area contributed by atoms with E-state index in [0.717, 1.165) is 19.5 Å². The molecule has 15 heavy (non-hydrogen) atoms. The first-order valence-corrected chi connectivity index (χ1v) is 5.76. The lowest BCUT2D eigenvalue weighted by Crippen LogP contribution is -2.48. The lowest BCUT2D eigenvalue weighted by Gasteiger charge is -2.35. The number of carbonyl (C=O) groups is 1. The van der Waals surface area contributed by atoms with Crippen LogP contribution in [0.2, 0.25) is 0 Å². The fourth-order valence-electron chi connectivity index (χ4n) is 1.85. The molecule has 1 rings (SSSR count). The zero-order chi connectivity index (χ0) is 11.3. The average molecular weight is 214 g/mol. The van der Waals surface area contributed by atoms with Crippen LogP contribution in [-0.4, -0.2) is 43.2 Å². The molecule has 4 nitrogen and oxygen atoms in total. The van der Waals surface area contributed by atoms with Gasteiger partial charge in [0.2, 0.25) is 5.91 Å². The summed E-state index contributed by atoms with van der Waals surface area (Å²) in [6.07, 6.45) is 1.41. The summed E-state index contributed by atoms with van der Waals surface area (Å²) in [4.78, 5) is 13.6. The molecule has 0 saturated carbocycles. The standard InChI is InChI=1S/C11H22N2O2/c1-3-15-7-5-11(14)13-6-4-10(12)9(2)8-13/h9-10H,3-8,12H2,1-2H3. The van der Waals surface area contributed by atoms with Gasteiger partial charge in [0, 0.05) is 25.7 Å². The van der Waals surface area contributed by atoms with Gasteiger partial charge in [-0.3, -0.25) is 4.79 Å². The van der Waals surface area contributed by atoms with E-state index in [0.29, 0.717) is 25.6 Å². The molecule has 0 aromatic carbocycles. The maximum Gasteiger partial charge on any atom is 0.224 e. The minimum atomic E-state index is 0.196. The van der Waals surface area contributed by atoms with E-state index in [1.807, 2.05) is 11.8 Å². The molecule has 2 atom stereocenters. The quantitative estimate of drug-likeness (QED) is 0.698. The average Bonchev–Trinajstić information content (AvgIpc) is 2.22. The number of nitrogens with zero attached hydrogens (tertiary/aromatic N) is 1. The molecule has 0 aromatic rings. The van der Waals surface area contributed by atoms with Crippen LogP contribution in [-0.2, 0) is 9.53 Å². The van der Waals surface area contributed by atoms with Crippen molar-refractivity contribution in [3.8, 4) is 0 Å². The van der Waals surface area contributed by atoms with Crippen LogP contribution in [0.15, 0.2) is 0 Å². The number of rotatable bonds is 4. The van der Waals surface area contributed by atoms with Crippen molar-refractivity contribution in [1.29, 1.82) is 0 Å². The van der Waals surface area contributed by atoms with Gasteiger partial charge in [-0.25, -0.2) is 0 Å². The van der Waals surface area contributed by atoms with Gasteiger partial charge in [-0.05, 0) is 19.3 Å². The van der Waals surface area contributed by atoms with Gasteiger partial charge in [0.25, 0.3) is 0 Å². The first-order chi connectivity index (χ1) is 7.15. The largest absolute Gasteiger partial charge is 0.381 e. The summed E-state index contributed by atoms with van der Waals surface area (Å²) in [5, 5.41) is 0. The number of hydrogen-bond acceptors (Lipinski definition) is 3. The summed E-state index contributed by atoms with van der Waals surface area (Å²) in [5.41, 5.74) is 5.90. The predicted octanol–water partition coefficient (Wildman–Crippen LogP) is 0.609. The molecule has 0 bridgehead atoms. The normalized spacial score (nSPS) is 26.7.